The lowest BCUT2D eigenvalue weighted by Gasteiger charge is -2.34. The number of likely N-dealkylation sites (tertiary alicyclic amines) is 1. The van der Waals surface area contributed by atoms with Gasteiger partial charge in [-0.15, -0.1) is 0 Å². The summed E-state index contributed by atoms with van der Waals surface area (Å²) in [6.45, 7) is 7.51. The van der Waals surface area contributed by atoms with Crippen LogP contribution in [0.2, 0.25) is 0 Å². The molecule has 86 valence electrons. The van der Waals surface area contributed by atoms with E-state index in [1.807, 2.05) is 31.7 Å². The molecule has 0 aromatic carbocycles. The standard InChI is InChI=1S/C12H22N2O/c1-4-9(2)12(15)14-7-5-6-11(8-14)10(3)13/h4,10-11H,5-8,13H2,1-3H3/b9-4+/t10-,11+/m1/s1. The van der Waals surface area contributed by atoms with Gasteiger partial charge in [0.05, 0.1) is 0 Å². The van der Waals surface area contributed by atoms with Gasteiger partial charge in [0.1, 0.15) is 0 Å². The fraction of sp³-hybridized carbons (Fsp3) is 0.750. The van der Waals surface area contributed by atoms with Gasteiger partial charge in [-0.3, -0.25) is 4.79 Å². The van der Waals surface area contributed by atoms with E-state index >= 15 is 0 Å². The third kappa shape index (κ3) is 3.06. The Morgan fingerprint density at radius 2 is 2.27 bits per heavy atom. The molecular formula is C12H22N2O. The van der Waals surface area contributed by atoms with Gasteiger partial charge in [0.25, 0.3) is 0 Å². The molecule has 0 radical (unpaired) electrons. The summed E-state index contributed by atoms with van der Waals surface area (Å²) < 4.78 is 0. The van der Waals surface area contributed by atoms with Crippen LogP contribution in [-0.4, -0.2) is 29.9 Å². The van der Waals surface area contributed by atoms with E-state index in [4.69, 9.17) is 5.73 Å². The Kier molecular flexibility index (Phi) is 4.33. The SMILES string of the molecule is C/C=C(\C)C(=O)N1CCC[C@H]([C@@H](C)N)C1. The zero-order valence-corrected chi connectivity index (χ0v) is 9.99. The molecule has 0 aliphatic carbocycles. The molecule has 1 aliphatic heterocycles. The highest BCUT2D eigenvalue weighted by atomic mass is 16.2. The molecule has 0 saturated carbocycles. The molecule has 1 saturated heterocycles. The minimum absolute atomic E-state index is 0.169. The molecule has 2 atom stereocenters. The quantitative estimate of drug-likeness (QED) is 0.703. The minimum atomic E-state index is 0.169. The van der Waals surface area contributed by atoms with Crippen molar-refractivity contribution in [2.24, 2.45) is 11.7 Å². The van der Waals surface area contributed by atoms with Gasteiger partial charge in [0.15, 0.2) is 0 Å². The number of piperidine rings is 1. The molecule has 0 spiro atoms. The second-order valence-electron chi connectivity index (χ2n) is 4.48. The normalized spacial score (nSPS) is 25.2. The van der Waals surface area contributed by atoms with E-state index in [2.05, 4.69) is 0 Å². The van der Waals surface area contributed by atoms with Gasteiger partial charge in [-0.1, -0.05) is 6.08 Å². The van der Waals surface area contributed by atoms with Crippen molar-refractivity contribution in [3.8, 4) is 0 Å². The van der Waals surface area contributed by atoms with E-state index in [-0.39, 0.29) is 11.9 Å². The van der Waals surface area contributed by atoms with Gasteiger partial charge in [0.2, 0.25) is 5.91 Å². The summed E-state index contributed by atoms with van der Waals surface area (Å²) in [5, 5.41) is 0. The summed E-state index contributed by atoms with van der Waals surface area (Å²) in [6.07, 6.45) is 4.10. The molecule has 0 bridgehead atoms. The third-order valence-corrected chi connectivity index (χ3v) is 3.26. The predicted octanol–water partition coefficient (Wildman–Crippen LogP) is 1.54. The molecule has 3 heteroatoms. The summed E-state index contributed by atoms with van der Waals surface area (Å²) in [4.78, 5) is 13.9. The molecule has 1 amide bonds. The van der Waals surface area contributed by atoms with Crippen LogP contribution in [0.15, 0.2) is 11.6 Å². The van der Waals surface area contributed by atoms with E-state index in [1.54, 1.807) is 0 Å². The Morgan fingerprint density at radius 1 is 1.60 bits per heavy atom. The highest BCUT2D eigenvalue weighted by molar-refractivity contribution is 5.92. The van der Waals surface area contributed by atoms with Crippen LogP contribution in [0.3, 0.4) is 0 Å². The largest absolute Gasteiger partial charge is 0.339 e. The summed E-state index contributed by atoms with van der Waals surface area (Å²) in [6, 6.07) is 0.187. The average molecular weight is 210 g/mol. The highest BCUT2D eigenvalue weighted by Gasteiger charge is 2.25. The first kappa shape index (κ1) is 12.2. The first-order valence-corrected chi connectivity index (χ1v) is 5.74. The number of hydrogen-bond acceptors (Lipinski definition) is 2. The molecule has 0 aromatic rings. The fourth-order valence-electron chi connectivity index (χ4n) is 2.00. The van der Waals surface area contributed by atoms with Crippen LogP contribution in [0.5, 0.6) is 0 Å². The number of nitrogens with two attached hydrogens (primary N) is 1. The molecule has 2 N–H and O–H groups in total. The van der Waals surface area contributed by atoms with E-state index in [0.717, 1.165) is 31.5 Å². The van der Waals surface area contributed by atoms with Crippen molar-refractivity contribution in [3.63, 3.8) is 0 Å². The zero-order valence-electron chi connectivity index (χ0n) is 9.99. The van der Waals surface area contributed by atoms with Crippen molar-refractivity contribution in [1.29, 1.82) is 0 Å². The smallest absolute Gasteiger partial charge is 0.249 e. The van der Waals surface area contributed by atoms with Crippen molar-refractivity contribution < 1.29 is 4.79 Å². The van der Waals surface area contributed by atoms with Crippen molar-refractivity contribution in [3.05, 3.63) is 11.6 Å². The first-order valence-electron chi connectivity index (χ1n) is 5.74. The van der Waals surface area contributed by atoms with Crippen LogP contribution in [0.25, 0.3) is 0 Å². The number of carbonyl (C=O) groups excluding carboxylic acids is 1. The summed E-state index contributed by atoms with van der Waals surface area (Å²) >= 11 is 0. The van der Waals surface area contributed by atoms with Crippen LogP contribution in [0.4, 0.5) is 0 Å². The first-order chi connectivity index (χ1) is 7.06. The van der Waals surface area contributed by atoms with Gasteiger partial charge < -0.3 is 10.6 Å². The third-order valence-electron chi connectivity index (χ3n) is 3.26. The molecule has 1 rings (SSSR count). The molecule has 0 unspecified atom stereocenters. The van der Waals surface area contributed by atoms with Crippen molar-refractivity contribution in [2.45, 2.75) is 39.7 Å². The van der Waals surface area contributed by atoms with Gasteiger partial charge in [-0.05, 0) is 39.5 Å². The maximum absolute atomic E-state index is 11.9. The lowest BCUT2D eigenvalue weighted by molar-refractivity contribution is -0.128. The van der Waals surface area contributed by atoms with Crippen molar-refractivity contribution in [1.82, 2.24) is 4.90 Å². The maximum atomic E-state index is 11.9. The second kappa shape index (κ2) is 5.31. The van der Waals surface area contributed by atoms with Crippen molar-refractivity contribution >= 4 is 5.91 Å². The average Bonchev–Trinajstić information content (AvgIpc) is 2.27. The predicted molar refractivity (Wildman–Crippen MR) is 62.4 cm³/mol. The van der Waals surface area contributed by atoms with E-state index < -0.39 is 0 Å². The molecule has 3 nitrogen and oxygen atoms in total. The number of carbonyl (C=O) groups is 1. The van der Waals surface area contributed by atoms with Crippen LogP contribution in [0.1, 0.15) is 33.6 Å². The topological polar surface area (TPSA) is 46.3 Å². The van der Waals surface area contributed by atoms with Gasteiger partial charge in [-0.2, -0.15) is 0 Å². The fourth-order valence-corrected chi connectivity index (χ4v) is 2.00. The molecular weight excluding hydrogens is 188 g/mol. The maximum Gasteiger partial charge on any atom is 0.249 e. The Balaban J connectivity index is 2.60. The lowest BCUT2D eigenvalue weighted by atomic mass is 9.92. The monoisotopic (exact) mass is 210 g/mol. The minimum Gasteiger partial charge on any atom is -0.339 e. The molecule has 1 fully saturated rings. The van der Waals surface area contributed by atoms with E-state index in [9.17, 15) is 4.79 Å². The van der Waals surface area contributed by atoms with Crippen molar-refractivity contribution in [2.75, 3.05) is 13.1 Å². The lowest BCUT2D eigenvalue weighted by Crippen LogP contribution is -2.45. The molecule has 15 heavy (non-hydrogen) atoms. The number of allylic oxidation sites excluding steroid dienone is 1. The van der Waals surface area contributed by atoms with Gasteiger partial charge in [-0.25, -0.2) is 0 Å². The Morgan fingerprint density at radius 3 is 2.80 bits per heavy atom. The Bertz CT molecular complexity index is 258. The van der Waals surface area contributed by atoms with Crippen LogP contribution in [0, 0.1) is 5.92 Å². The van der Waals surface area contributed by atoms with E-state index in [1.165, 1.54) is 0 Å². The summed E-state index contributed by atoms with van der Waals surface area (Å²) in [5.41, 5.74) is 6.72. The van der Waals surface area contributed by atoms with Gasteiger partial charge in [0, 0.05) is 24.7 Å². The van der Waals surface area contributed by atoms with Crippen LogP contribution < -0.4 is 5.73 Å². The van der Waals surface area contributed by atoms with Crippen LogP contribution >= 0.6 is 0 Å². The molecule has 1 aliphatic rings. The van der Waals surface area contributed by atoms with E-state index in [0.29, 0.717) is 5.92 Å². The highest BCUT2D eigenvalue weighted by Crippen LogP contribution is 2.20. The zero-order chi connectivity index (χ0) is 11.4. The Hall–Kier alpha value is -0.830. The number of nitrogens with zero attached hydrogens (tertiary/aromatic N) is 1. The van der Waals surface area contributed by atoms with Crippen LogP contribution in [-0.2, 0) is 4.79 Å². The molecule has 1 heterocycles. The summed E-state index contributed by atoms with van der Waals surface area (Å²) in [5.74, 6) is 0.634. The Labute approximate surface area is 92.3 Å². The summed E-state index contributed by atoms with van der Waals surface area (Å²) in [7, 11) is 0. The number of hydrogen-bond donors (Lipinski definition) is 1. The number of rotatable bonds is 2. The number of amides is 1. The molecule has 0 aromatic heterocycles. The second-order valence-corrected chi connectivity index (χ2v) is 4.48. The van der Waals surface area contributed by atoms with Gasteiger partial charge >= 0.3 is 0 Å².